The second-order valence-corrected chi connectivity index (χ2v) is 2.41. The number of rotatable bonds is 3. The molecule has 0 unspecified atom stereocenters. The van der Waals surface area contributed by atoms with Crippen molar-refractivity contribution in [1.82, 2.24) is 4.90 Å². The minimum absolute atomic E-state index is 0.566. The quantitative estimate of drug-likeness (QED) is 0.342. The van der Waals surface area contributed by atoms with Crippen molar-refractivity contribution in [2.24, 2.45) is 5.11 Å². The average Bonchev–Trinajstić information content (AvgIpc) is 2.07. The monoisotopic (exact) mass is 156 g/mol. The first-order valence-electron chi connectivity index (χ1n) is 3.74. The second-order valence-electron chi connectivity index (χ2n) is 2.41. The van der Waals surface area contributed by atoms with Gasteiger partial charge in [0.25, 0.3) is 0 Å². The molecule has 0 aromatic rings. The van der Waals surface area contributed by atoms with E-state index in [1.807, 2.05) is 0 Å². The van der Waals surface area contributed by atoms with E-state index >= 15 is 0 Å². The van der Waals surface area contributed by atoms with E-state index in [-0.39, 0.29) is 0 Å². The topological polar surface area (TPSA) is 61.2 Å². The average molecular weight is 156 g/mol. The summed E-state index contributed by atoms with van der Waals surface area (Å²) in [6.07, 6.45) is 0. The first-order chi connectivity index (χ1) is 5.43. The van der Waals surface area contributed by atoms with Crippen LogP contribution in [0.15, 0.2) is 5.11 Å². The fraction of sp³-hybridized carbons (Fsp3) is 1.00. The Hall–Kier alpha value is -0.770. The predicted molar refractivity (Wildman–Crippen MR) is 41.3 cm³/mol. The van der Waals surface area contributed by atoms with Crippen LogP contribution in [0.25, 0.3) is 10.4 Å². The molecule has 0 radical (unpaired) electrons. The molecule has 62 valence electrons. The Labute approximate surface area is 65.6 Å². The minimum atomic E-state index is 0.566. The first kappa shape index (κ1) is 8.33. The first-order valence-corrected chi connectivity index (χ1v) is 3.74. The van der Waals surface area contributed by atoms with Crippen molar-refractivity contribution in [3.8, 4) is 0 Å². The Morgan fingerprint density at radius 1 is 1.45 bits per heavy atom. The van der Waals surface area contributed by atoms with Crippen LogP contribution >= 0.6 is 0 Å². The Balaban J connectivity index is 2.09. The van der Waals surface area contributed by atoms with Gasteiger partial charge >= 0.3 is 0 Å². The van der Waals surface area contributed by atoms with E-state index in [4.69, 9.17) is 10.3 Å². The summed E-state index contributed by atoms with van der Waals surface area (Å²) in [4.78, 5) is 4.92. The number of hydrogen-bond acceptors (Lipinski definition) is 3. The number of morpholine rings is 1. The van der Waals surface area contributed by atoms with Gasteiger partial charge in [-0.1, -0.05) is 5.11 Å². The van der Waals surface area contributed by atoms with Crippen LogP contribution in [0.3, 0.4) is 0 Å². The maximum Gasteiger partial charge on any atom is 0.0594 e. The smallest absolute Gasteiger partial charge is 0.0594 e. The summed E-state index contributed by atoms with van der Waals surface area (Å²) in [5.41, 5.74) is 8.01. The minimum Gasteiger partial charge on any atom is -0.379 e. The van der Waals surface area contributed by atoms with Crippen LogP contribution in [0.5, 0.6) is 0 Å². The van der Waals surface area contributed by atoms with Gasteiger partial charge in [0.05, 0.1) is 13.2 Å². The summed E-state index contributed by atoms with van der Waals surface area (Å²) >= 11 is 0. The molecular weight excluding hydrogens is 144 g/mol. The Morgan fingerprint density at radius 2 is 2.18 bits per heavy atom. The van der Waals surface area contributed by atoms with Crippen molar-refractivity contribution in [3.05, 3.63) is 10.4 Å². The summed E-state index contributed by atoms with van der Waals surface area (Å²) in [7, 11) is 0. The lowest BCUT2D eigenvalue weighted by Crippen LogP contribution is -2.37. The van der Waals surface area contributed by atoms with Gasteiger partial charge in [-0.25, -0.2) is 0 Å². The van der Waals surface area contributed by atoms with Crippen LogP contribution in [-0.2, 0) is 4.74 Å². The van der Waals surface area contributed by atoms with Gasteiger partial charge in [-0.3, -0.25) is 4.90 Å². The SMILES string of the molecule is [N-]=[N+]=NCCN1CCOCC1. The molecule has 0 aromatic heterocycles. The van der Waals surface area contributed by atoms with E-state index in [1.54, 1.807) is 0 Å². The van der Waals surface area contributed by atoms with Gasteiger partial charge in [0.2, 0.25) is 0 Å². The van der Waals surface area contributed by atoms with Gasteiger partial charge in [-0.05, 0) is 5.53 Å². The lowest BCUT2D eigenvalue weighted by atomic mass is 10.4. The van der Waals surface area contributed by atoms with Crippen molar-refractivity contribution >= 4 is 0 Å². The van der Waals surface area contributed by atoms with E-state index in [9.17, 15) is 0 Å². The Morgan fingerprint density at radius 3 is 2.82 bits per heavy atom. The fourth-order valence-electron chi connectivity index (χ4n) is 1.06. The van der Waals surface area contributed by atoms with Crippen LogP contribution in [0.2, 0.25) is 0 Å². The molecule has 0 atom stereocenters. The van der Waals surface area contributed by atoms with Crippen molar-refractivity contribution in [2.75, 3.05) is 39.4 Å². The van der Waals surface area contributed by atoms with E-state index in [0.717, 1.165) is 32.8 Å². The van der Waals surface area contributed by atoms with Crippen molar-refractivity contribution in [1.29, 1.82) is 0 Å². The Kier molecular flexibility index (Phi) is 3.75. The van der Waals surface area contributed by atoms with E-state index < -0.39 is 0 Å². The third-order valence-corrected chi connectivity index (χ3v) is 1.68. The van der Waals surface area contributed by atoms with Gasteiger partial charge in [0, 0.05) is 31.1 Å². The molecule has 1 heterocycles. The third kappa shape index (κ3) is 3.23. The molecule has 0 N–H and O–H groups in total. The number of nitrogens with zero attached hydrogens (tertiary/aromatic N) is 4. The number of azide groups is 1. The molecule has 0 bridgehead atoms. The Bertz CT molecular complexity index is 149. The van der Waals surface area contributed by atoms with Gasteiger partial charge in [-0.2, -0.15) is 0 Å². The molecule has 0 amide bonds. The zero-order valence-corrected chi connectivity index (χ0v) is 6.44. The molecular formula is C6H12N4O. The van der Waals surface area contributed by atoms with Crippen LogP contribution in [0, 0.1) is 0 Å². The molecule has 5 heteroatoms. The highest BCUT2D eigenvalue weighted by Crippen LogP contribution is 1.95. The zero-order chi connectivity index (χ0) is 7.94. The van der Waals surface area contributed by atoms with Crippen molar-refractivity contribution in [3.63, 3.8) is 0 Å². The van der Waals surface area contributed by atoms with Gasteiger partial charge in [0.1, 0.15) is 0 Å². The molecule has 5 nitrogen and oxygen atoms in total. The third-order valence-electron chi connectivity index (χ3n) is 1.68. The largest absolute Gasteiger partial charge is 0.379 e. The zero-order valence-electron chi connectivity index (χ0n) is 6.44. The van der Waals surface area contributed by atoms with Gasteiger partial charge < -0.3 is 4.74 Å². The van der Waals surface area contributed by atoms with E-state index in [1.165, 1.54) is 0 Å². The summed E-state index contributed by atoms with van der Waals surface area (Å²) in [6, 6.07) is 0. The normalized spacial score (nSPS) is 19.3. The molecule has 0 spiro atoms. The van der Waals surface area contributed by atoms with E-state index in [2.05, 4.69) is 14.9 Å². The molecule has 11 heavy (non-hydrogen) atoms. The van der Waals surface area contributed by atoms with Crippen LogP contribution in [-0.4, -0.2) is 44.3 Å². The molecule has 1 rings (SSSR count). The maximum absolute atomic E-state index is 8.01. The number of ether oxygens (including phenoxy) is 1. The van der Waals surface area contributed by atoms with Crippen LogP contribution in [0.1, 0.15) is 0 Å². The molecule has 0 aliphatic carbocycles. The summed E-state index contributed by atoms with van der Waals surface area (Å²) < 4.78 is 5.16. The lowest BCUT2D eigenvalue weighted by molar-refractivity contribution is 0.0394. The standard InChI is InChI=1S/C6H12N4O/c7-9-8-1-2-10-3-5-11-6-4-10/h1-6H2. The molecule has 1 aliphatic heterocycles. The molecule has 1 aliphatic rings. The van der Waals surface area contributed by atoms with Gasteiger partial charge in [-0.15, -0.1) is 0 Å². The van der Waals surface area contributed by atoms with Crippen LogP contribution in [0.4, 0.5) is 0 Å². The highest BCUT2D eigenvalue weighted by Gasteiger charge is 2.07. The van der Waals surface area contributed by atoms with Gasteiger partial charge in [0.15, 0.2) is 0 Å². The molecule has 0 aromatic carbocycles. The van der Waals surface area contributed by atoms with Crippen molar-refractivity contribution in [2.45, 2.75) is 0 Å². The molecule has 0 saturated carbocycles. The summed E-state index contributed by atoms with van der Waals surface area (Å²) in [5, 5.41) is 3.46. The maximum atomic E-state index is 8.01. The fourth-order valence-corrected chi connectivity index (χ4v) is 1.06. The highest BCUT2D eigenvalue weighted by molar-refractivity contribution is 4.62. The van der Waals surface area contributed by atoms with E-state index in [0.29, 0.717) is 6.54 Å². The molecule has 1 fully saturated rings. The van der Waals surface area contributed by atoms with Crippen LogP contribution < -0.4 is 0 Å². The predicted octanol–water partition coefficient (Wildman–Crippen LogP) is 0.629. The molecule has 1 saturated heterocycles. The highest BCUT2D eigenvalue weighted by atomic mass is 16.5. The number of hydrogen-bond donors (Lipinski definition) is 0. The summed E-state index contributed by atoms with van der Waals surface area (Å²) in [6.45, 7) is 4.94. The van der Waals surface area contributed by atoms with Crippen molar-refractivity contribution < 1.29 is 4.74 Å². The second kappa shape index (κ2) is 4.96. The lowest BCUT2D eigenvalue weighted by Gasteiger charge is -2.25. The summed E-state index contributed by atoms with van der Waals surface area (Å²) in [5.74, 6) is 0.